The molecule has 1 saturated heterocycles. The maximum atomic E-state index is 15.4. The van der Waals surface area contributed by atoms with Gasteiger partial charge in [0.1, 0.15) is 29.5 Å². The second-order valence-corrected chi connectivity index (χ2v) is 21.4. The molecular weight excluding hydrogens is 858 g/mol. The van der Waals surface area contributed by atoms with Gasteiger partial charge < -0.3 is 34.5 Å². The normalized spacial score (nSPS) is 28.2. The van der Waals surface area contributed by atoms with Crippen LogP contribution in [0.3, 0.4) is 0 Å². The minimum absolute atomic E-state index is 0. The molecule has 2 aliphatic heterocycles. The molecule has 3 aliphatic carbocycles. The summed E-state index contributed by atoms with van der Waals surface area (Å²) in [6.45, 7) is 9.71. The molecule has 4 amide bonds. The highest BCUT2D eigenvalue weighted by Crippen LogP contribution is 2.47. The summed E-state index contributed by atoms with van der Waals surface area (Å²) in [7, 11) is -2.41. The lowest BCUT2D eigenvalue weighted by atomic mass is 9.88. The van der Waals surface area contributed by atoms with Crippen molar-refractivity contribution in [3.05, 3.63) is 60.4 Å². The number of alkyl carbamates (subject to hydrolysis) is 1. The van der Waals surface area contributed by atoms with Crippen LogP contribution in [-0.4, -0.2) is 97.5 Å². The summed E-state index contributed by atoms with van der Waals surface area (Å²) in [5.74, 6) is -2.53. The zero-order valence-corrected chi connectivity index (χ0v) is 38.7. The van der Waals surface area contributed by atoms with Gasteiger partial charge in [0.15, 0.2) is 11.6 Å². The van der Waals surface area contributed by atoms with Crippen molar-refractivity contribution in [2.75, 3.05) is 20.3 Å². The molecule has 356 valence electrons. The lowest BCUT2D eigenvalue weighted by molar-refractivity contribution is -0.142. The van der Waals surface area contributed by atoms with Gasteiger partial charge in [-0.3, -0.25) is 19.1 Å². The largest absolute Gasteiger partial charge is 0.497 e. The molecule has 0 bridgehead atoms. The van der Waals surface area contributed by atoms with Gasteiger partial charge in [-0.25, -0.2) is 22.6 Å². The Morgan fingerprint density at radius 3 is 2.52 bits per heavy atom. The van der Waals surface area contributed by atoms with Crippen molar-refractivity contribution in [1.82, 2.24) is 25.2 Å². The number of ether oxygens (including phenoxy) is 4. The number of nitrogens with zero attached hydrogens (tertiary/aromatic N) is 2. The number of carbonyl (C=O) groups is 4. The number of benzene rings is 2. The number of allylic oxidation sites excluding steroid dienone is 1. The zero-order chi connectivity index (χ0) is 46.4. The number of rotatable bonds is 12. The molecule has 3 N–H and O–H groups in total. The molecule has 17 heteroatoms. The lowest BCUT2D eigenvalue weighted by Crippen LogP contribution is -2.59. The molecule has 0 spiro atoms. The van der Waals surface area contributed by atoms with Crippen molar-refractivity contribution in [1.29, 1.82) is 0 Å². The number of methoxy groups -OCH3 is 1. The van der Waals surface area contributed by atoms with Gasteiger partial charge in [0.25, 0.3) is 5.91 Å². The Labute approximate surface area is 384 Å². The van der Waals surface area contributed by atoms with Crippen LogP contribution < -0.4 is 29.6 Å². The average Bonchev–Trinajstić information content (AvgIpc) is 4.20. The summed E-state index contributed by atoms with van der Waals surface area (Å²) in [6, 6.07) is 9.38. The van der Waals surface area contributed by atoms with Gasteiger partial charge in [0.2, 0.25) is 27.7 Å². The maximum absolute atomic E-state index is 15.4. The topological polar surface area (TPSA) is 192 Å². The number of fused-ring (bicyclic) bond motifs is 3. The predicted octanol–water partition coefficient (Wildman–Crippen LogP) is 7.31. The smallest absolute Gasteiger partial charge is 0.407 e. The highest BCUT2D eigenvalue weighted by Gasteiger charge is 2.62. The molecule has 15 nitrogen and oxygen atoms in total. The van der Waals surface area contributed by atoms with Crippen LogP contribution in [0.15, 0.2) is 54.6 Å². The summed E-state index contributed by atoms with van der Waals surface area (Å²) in [6.07, 6.45) is 6.84. The number of pyridine rings is 1. The number of halogens is 1. The number of nitrogens with one attached hydrogen (secondary N) is 3. The summed E-state index contributed by atoms with van der Waals surface area (Å²) < 4.78 is 67.1. The van der Waals surface area contributed by atoms with E-state index in [1.807, 2.05) is 26.0 Å². The van der Waals surface area contributed by atoms with E-state index in [1.54, 1.807) is 51.3 Å². The van der Waals surface area contributed by atoms with Crippen molar-refractivity contribution in [2.45, 2.75) is 127 Å². The van der Waals surface area contributed by atoms with E-state index in [0.29, 0.717) is 53.5 Å². The first-order valence-corrected chi connectivity index (χ1v) is 24.3. The molecule has 0 unspecified atom stereocenters. The first-order valence-electron chi connectivity index (χ1n) is 22.8. The molecule has 1 aromatic heterocycles. The van der Waals surface area contributed by atoms with Gasteiger partial charge >= 0.3 is 6.09 Å². The molecule has 5 aliphatic rings. The fraction of sp³-hybridized carbons (Fsp3) is 0.562. The SMILES string of the molecule is COc1ccc2c(O[C@@H]3C[C@H]4C(=O)N[C@]5(C(=O)NS(=O)(=O)C6CC6)C[C@H]5/C=C\CC[C@H](C)C[C@@H](C)[C@H](NC(=O)OCC5(C)CC5)C(=O)N4C3)nc(-c3ccc(OC(C)C)c(F)c3)cc2c1.[HH].[HH].[HH]. The van der Waals surface area contributed by atoms with Gasteiger partial charge in [-0.05, 0) is 125 Å². The summed E-state index contributed by atoms with van der Waals surface area (Å²) in [5.41, 5.74) is -0.841. The Kier molecular flexibility index (Phi) is 12.8. The van der Waals surface area contributed by atoms with E-state index in [-0.39, 0.29) is 65.3 Å². The number of hydrogen-bond acceptors (Lipinski definition) is 11. The van der Waals surface area contributed by atoms with Crippen LogP contribution in [0.2, 0.25) is 0 Å². The molecule has 3 heterocycles. The van der Waals surface area contributed by atoms with E-state index in [1.165, 1.54) is 17.0 Å². The molecule has 4 fully saturated rings. The minimum atomic E-state index is -3.95. The molecule has 2 aromatic carbocycles. The van der Waals surface area contributed by atoms with E-state index in [4.69, 9.17) is 23.9 Å². The molecule has 3 saturated carbocycles. The number of amides is 4. The Morgan fingerprint density at radius 1 is 1.06 bits per heavy atom. The number of sulfonamides is 1. The second-order valence-electron chi connectivity index (χ2n) is 19.5. The molecule has 65 heavy (non-hydrogen) atoms. The standard InChI is InChI=1S/C48H60FN5O10S.3H2/c1-27(2)63-40-16-11-30(21-37(40)49)38-22-31-20-33(61-6)12-15-36(31)43(50-38)64-34-23-39-42(55)52-48(45(57)53-65(59,60)35-13-14-35)24-32(48)10-8-7-9-28(3)19-29(4)41(44(56)54(39)25-34)51-46(58)62-26-47(5)17-18-47;;;/h8,10-12,15-16,20-22,27-29,32,34-35,39,41H,7,9,13-14,17-19,23-26H2,1-6H3,(H,51,58)(H,52,55)(H,53,57);3*1H/b10-8-;;;/t28-,29+,32+,34+,39-,41-,48+;;;/m0.../s1. The van der Waals surface area contributed by atoms with Gasteiger partial charge in [-0.2, -0.15) is 0 Å². The molecule has 7 atom stereocenters. The maximum Gasteiger partial charge on any atom is 0.407 e. The third kappa shape index (κ3) is 10.3. The Balaban J connectivity index is 0.00000288. The van der Waals surface area contributed by atoms with Crippen LogP contribution in [0, 0.1) is 29.0 Å². The van der Waals surface area contributed by atoms with Crippen LogP contribution in [-0.2, 0) is 29.1 Å². The monoisotopic (exact) mass is 923 g/mol. The minimum Gasteiger partial charge on any atom is -0.497 e. The molecule has 0 radical (unpaired) electrons. The van der Waals surface area contributed by atoms with Crippen molar-refractivity contribution in [2.24, 2.45) is 23.2 Å². The molecule has 3 aromatic rings. The molecular formula is C48H66FN5O10S. The predicted molar refractivity (Wildman–Crippen MR) is 246 cm³/mol. The Hall–Kier alpha value is -5.45. The van der Waals surface area contributed by atoms with Crippen LogP contribution in [0.5, 0.6) is 17.4 Å². The van der Waals surface area contributed by atoms with E-state index in [2.05, 4.69) is 22.3 Å². The Bertz CT molecular complexity index is 2510. The quantitative estimate of drug-likeness (QED) is 0.154. The van der Waals surface area contributed by atoms with E-state index in [9.17, 15) is 22.8 Å². The van der Waals surface area contributed by atoms with Crippen molar-refractivity contribution in [3.8, 4) is 28.6 Å². The second kappa shape index (κ2) is 18.1. The first kappa shape index (κ1) is 46.1. The van der Waals surface area contributed by atoms with E-state index in [0.717, 1.165) is 19.3 Å². The summed E-state index contributed by atoms with van der Waals surface area (Å²) in [4.78, 5) is 63.5. The van der Waals surface area contributed by atoms with Gasteiger partial charge in [0, 0.05) is 33.0 Å². The van der Waals surface area contributed by atoms with Crippen molar-refractivity contribution in [3.63, 3.8) is 0 Å². The van der Waals surface area contributed by atoms with Crippen LogP contribution in [0.1, 0.15) is 96.7 Å². The van der Waals surface area contributed by atoms with E-state index >= 15 is 9.18 Å². The molecule has 8 rings (SSSR count). The van der Waals surface area contributed by atoms with Gasteiger partial charge in [0.05, 0.1) is 37.3 Å². The van der Waals surface area contributed by atoms with Gasteiger partial charge in [-0.15, -0.1) is 0 Å². The first-order chi connectivity index (χ1) is 30.9. The zero-order valence-electron chi connectivity index (χ0n) is 37.9. The summed E-state index contributed by atoms with van der Waals surface area (Å²) in [5, 5.41) is 6.35. The van der Waals surface area contributed by atoms with Crippen LogP contribution in [0.25, 0.3) is 22.0 Å². The summed E-state index contributed by atoms with van der Waals surface area (Å²) >= 11 is 0. The fourth-order valence-electron chi connectivity index (χ4n) is 9.00. The average molecular weight is 924 g/mol. The highest BCUT2D eigenvalue weighted by molar-refractivity contribution is 7.91. The Morgan fingerprint density at radius 2 is 1.83 bits per heavy atom. The highest BCUT2D eigenvalue weighted by atomic mass is 32.2. The third-order valence-corrected chi connectivity index (χ3v) is 15.2. The lowest BCUT2D eigenvalue weighted by Gasteiger charge is -2.32. The van der Waals surface area contributed by atoms with Crippen molar-refractivity contribution >= 4 is 44.6 Å². The number of hydrogen-bond donors (Lipinski definition) is 3. The van der Waals surface area contributed by atoms with Crippen LogP contribution >= 0.6 is 0 Å². The van der Waals surface area contributed by atoms with Crippen molar-refractivity contribution < 1.29 is 55.2 Å². The number of aromatic nitrogens is 1. The van der Waals surface area contributed by atoms with Crippen LogP contribution in [0.4, 0.5) is 9.18 Å². The van der Waals surface area contributed by atoms with E-state index < -0.39 is 74.5 Å². The number of carbonyl (C=O) groups excluding carboxylic acids is 4. The van der Waals surface area contributed by atoms with Gasteiger partial charge in [-0.1, -0.05) is 32.9 Å². The fourth-order valence-corrected chi connectivity index (χ4v) is 10.4. The third-order valence-electron chi connectivity index (χ3n) is 13.4.